The van der Waals surface area contributed by atoms with E-state index in [0.29, 0.717) is 5.92 Å². The maximum atomic E-state index is 3.71. The monoisotopic (exact) mass is 336 g/mol. The molecule has 0 aromatic heterocycles. The summed E-state index contributed by atoms with van der Waals surface area (Å²) in [6.45, 7) is 3.71. The van der Waals surface area contributed by atoms with Gasteiger partial charge in [-0.1, -0.05) is 46.3 Å². The Kier molecular flexibility index (Phi) is 4.79. The molecular formula is C17H25BrN2. The number of alkyl halides is 1. The Balaban J connectivity index is 1.65. The minimum absolute atomic E-state index is 0.609. The van der Waals surface area contributed by atoms with Gasteiger partial charge in [-0.15, -0.1) is 0 Å². The van der Waals surface area contributed by atoms with Crippen molar-refractivity contribution < 1.29 is 0 Å². The number of benzene rings is 1. The maximum absolute atomic E-state index is 3.71. The van der Waals surface area contributed by atoms with E-state index in [1.807, 2.05) is 0 Å². The van der Waals surface area contributed by atoms with Crippen LogP contribution in [-0.2, 0) is 0 Å². The maximum Gasteiger partial charge on any atom is 0.0223 e. The van der Waals surface area contributed by atoms with E-state index < -0.39 is 0 Å². The first-order valence-corrected chi connectivity index (χ1v) is 8.95. The topological polar surface area (TPSA) is 6.48 Å². The Morgan fingerprint density at radius 2 is 1.90 bits per heavy atom. The van der Waals surface area contributed by atoms with Crippen molar-refractivity contribution in [2.75, 3.05) is 32.0 Å². The molecule has 2 heterocycles. The highest BCUT2D eigenvalue weighted by Gasteiger charge is 2.34. The average Bonchev–Trinajstić information content (AvgIpc) is 2.73. The van der Waals surface area contributed by atoms with Crippen LogP contribution in [0.3, 0.4) is 0 Å². The summed E-state index contributed by atoms with van der Waals surface area (Å²) in [7, 11) is 2.32. The fourth-order valence-electron chi connectivity index (χ4n) is 3.83. The fourth-order valence-corrected chi connectivity index (χ4v) is 4.40. The quantitative estimate of drug-likeness (QED) is 0.778. The molecule has 2 bridgehead atoms. The first-order chi connectivity index (χ1) is 9.78. The Labute approximate surface area is 131 Å². The normalized spacial score (nSPS) is 29.3. The lowest BCUT2D eigenvalue weighted by Gasteiger charge is -2.29. The summed E-state index contributed by atoms with van der Waals surface area (Å²) in [5.41, 5.74) is 1.46. The third-order valence-electron chi connectivity index (χ3n) is 5.17. The van der Waals surface area contributed by atoms with Gasteiger partial charge in [-0.2, -0.15) is 0 Å². The van der Waals surface area contributed by atoms with Gasteiger partial charge in [0.25, 0.3) is 0 Å². The standard InChI is InChI=1S/C17H25BrN2/c1-19-16-7-8-17(19)13-20(10-9-16)12-15(11-18)14-5-3-2-4-6-14/h2-6,15-17H,7-13H2,1H3. The smallest absolute Gasteiger partial charge is 0.0223 e. The van der Waals surface area contributed by atoms with Crippen LogP contribution in [0.5, 0.6) is 0 Å². The Bertz CT molecular complexity index is 422. The Hall–Kier alpha value is -0.380. The van der Waals surface area contributed by atoms with Gasteiger partial charge in [0.15, 0.2) is 0 Å². The SMILES string of the molecule is CN1C2CCC1CN(CC(CBr)c1ccccc1)CC2. The third-order valence-corrected chi connectivity index (χ3v) is 5.95. The van der Waals surface area contributed by atoms with E-state index in [-0.39, 0.29) is 0 Å². The van der Waals surface area contributed by atoms with E-state index in [4.69, 9.17) is 0 Å². The van der Waals surface area contributed by atoms with E-state index in [1.165, 1.54) is 44.5 Å². The molecule has 2 saturated heterocycles. The Morgan fingerprint density at radius 1 is 1.15 bits per heavy atom. The molecule has 2 fully saturated rings. The second-order valence-electron chi connectivity index (χ2n) is 6.36. The summed E-state index contributed by atoms with van der Waals surface area (Å²) in [6, 6.07) is 12.6. The van der Waals surface area contributed by atoms with Crippen LogP contribution in [0.15, 0.2) is 30.3 Å². The molecule has 2 aliphatic heterocycles. The summed E-state index contributed by atoms with van der Waals surface area (Å²) >= 11 is 3.71. The zero-order chi connectivity index (χ0) is 13.9. The minimum Gasteiger partial charge on any atom is -0.301 e. The van der Waals surface area contributed by atoms with Crippen LogP contribution in [0.25, 0.3) is 0 Å². The molecule has 0 spiro atoms. The van der Waals surface area contributed by atoms with Gasteiger partial charge in [0.2, 0.25) is 0 Å². The van der Waals surface area contributed by atoms with Crippen LogP contribution in [-0.4, -0.2) is 53.9 Å². The van der Waals surface area contributed by atoms with Crippen molar-refractivity contribution in [2.45, 2.75) is 37.3 Å². The molecule has 3 rings (SSSR count). The number of hydrogen-bond acceptors (Lipinski definition) is 2. The largest absolute Gasteiger partial charge is 0.301 e. The van der Waals surface area contributed by atoms with Gasteiger partial charge >= 0.3 is 0 Å². The van der Waals surface area contributed by atoms with Crippen LogP contribution in [0.4, 0.5) is 0 Å². The summed E-state index contributed by atoms with van der Waals surface area (Å²) in [4.78, 5) is 5.32. The zero-order valence-corrected chi connectivity index (χ0v) is 13.9. The molecule has 0 amide bonds. The first kappa shape index (κ1) is 14.6. The van der Waals surface area contributed by atoms with E-state index >= 15 is 0 Å². The van der Waals surface area contributed by atoms with Crippen molar-refractivity contribution in [3.8, 4) is 0 Å². The van der Waals surface area contributed by atoms with Crippen LogP contribution in [0.2, 0.25) is 0 Å². The predicted molar refractivity (Wildman–Crippen MR) is 88.6 cm³/mol. The molecule has 2 nitrogen and oxygen atoms in total. The van der Waals surface area contributed by atoms with E-state index in [0.717, 1.165) is 17.4 Å². The highest BCUT2D eigenvalue weighted by molar-refractivity contribution is 9.09. The number of likely N-dealkylation sites (tertiary alicyclic amines) is 1. The van der Waals surface area contributed by atoms with E-state index in [9.17, 15) is 0 Å². The number of fused-ring (bicyclic) bond motifs is 2. The molecule has 3 atom stereocenters. The molecule has 0 N–H and O–H groups in total. The fraction of sp³-hybridized carbons (Fsp3) is 0.647. The lowest BCUT2D eigenvalue weighted by Crippen LogP contribution is -2.38. The highest BCUT2D eigenvalue weighted by Crippen LogP contribution is 2.29. The van der Waals surface area contributed by atoms with Crippen molar-refractivity contribution in [1.82, 2.24) is 9.80 Å². The second kappa shape index (κ2) is 6.59. The summed E-state index contributed by atoms with van der Waals surface area (Å²) in [5, 5.41) is 1.05. The molecule has 3 unspecified atom stereocenters. The highest BCUT2D eigenvalue weighted by atomic mass is 79.9. The van der Waals surface area contributed by atoms with Crippen LogP contribution in [0.1, 0.15) is 30.7 Å². The van der Waals surface area contributed by atoms with Gasteiger partial charge in [0.05, 0.1) is 0 Å². The van der Waals surface area contributed by atoms with Gasteiger partial charge in [-0.25, -0.2) is 0 Å². The second-order valence-corrected chi connectivity index (χ2v) is 7.01. The number of hydrogen-bond donors (Lipinski definition) is 0. The van der Waals surface area contributed by atoms with Gasteiger partial charge in [0, 0.05) is 36.4 Å². The summed E-state index contributed by atoms with van der Waals surface area (Å²) in [5.74, 6) is 0.609. The average molecular weight is 337 g/mol. The van der Waals surface area contributed by atoms with Gasteiger partial charge in [-0.05, 0) is 38.4 Å². The van der Waals surface area contributed by atoms with E-state index in [1.54, 1.807) is 0 Å². The predicted octanol–water partition coefficient (Wildman–Crippen LogP) is 3.33. The van der Waals surface area contributed by atoms with Gasteiger partial charge in [-0.3, -0.25) is 4.90 Å². The number of likely N-dealkylation sites (N-methyl/N-ethyl adjacent to an activating group) is 1. The van der Waals surface area contributed by atoms with Crippen molar-refractivity contribution >= 4 is 15.9 Å². The number of nitrogens with zero attached hydrogens (tertiary/aromatic N) is 2. The molecule has 20 heavy (non-hydrogen) atoms. The zero-order valence-electron chi connectivity index (χ0n) is 12.3. The first-order valence-electron chi connectivity index (χ1n) is 7.83. The van der Waals surface area contributed by atoms with E-state index in [2.05, 4.69) is 63.1 Å². The van der Waals surface area contributed by atoms with Gasteiger partial charge in [0.1, 0.15) is 0 Å². The lowest BCUT2D eigenvalue weighted by atomic mass is 9.99. The van der Waals surface area contributed by atoms with Gasteiger partial charge < -0.3 is 4.90 Å². The van der Waals surface area contributed by atoms with Crippen molar-refractivity contribution in [3.05, 3.63) is 35.9 Å². The van der Waals surface area contributed by atoms with Crippen molar-refractivity contribution in [2.24, 2.45) is 0 Å². The van der Waals surface area contributed by atoms with Crippen LogP contribution < -0.4 is 0 Å². The lowest BCUT2D eigenvalue weighted by molar-refractivity contribution is 0.214. The van der Waals surface area contributed by atoms with Crippen molar-refractivity contribution in [3.63, 3.8) is 0 Å². The molecule has 3 heteroatoms. The molecule has 1 aromatic carbocycles. The van der Waals surface area contributed by atoms with Crippen LogP contribution >= 0.6 is 15.9 Å². The molecule has 2 aliphatic rings. The minimum atomic E-state index is 0.609. The number of halogens is 1. The molecule has 0 saturated carbocycles. The third kappa shape index (κ3) is 3.10. The molecular weight excluding hydrogens is 312 g/mol. The molecule has 110 valence electrons. The molecule has 0 aliphatic carbocycles. The van der Waals surface area contributed by atoms with Crippen molar-refractivity contribution in [1.29, 1.82) is 0 Å². The summed E-state index contributed by atoms with van der Waals surface area (Å²) in [6.07, 6.45) is 4.15. The van der Waals surface area contributed by atoms with Crippen LogP contribution in [0, 0.1) is 0 Å². The Morgan fingerprint density at radius 3 is 2.65 bits per heavy atom. The molecule has 1 aromatic rings. The number of rotatable bonds is 4. The summed E-state index contributed by atoms with van der Waals surface area (Å²) < 4.78 is 0. The molecule has 0 radical (unpaired) electrons.